The van der Waals surface area contributed by atoms with Crippen molar-refractivity contribution in [2.24, 2.45) is 5.92 Å². The molecule has 4 rings (SSSR count). The molecule has 2 aliphatic rings. The molecule has 7 nitrogen and oxygen atoms in total. The van der Waals surface area contributed by atoms with E-state index in [1.54, 1.807) is 15.9 Å². The van der Waals surface area contributed by atoms with E-state index in [-0.39, 0.29) is 48.2 Å². The van der Waals surface area contributed by atoms with E-state index in [1.165, 1.54) is 12.1 Å². The summed E-state index contributed by atoms with van der Waals surface area (Å²) in [6.07, 6.45) is -2.82. The van der Waals surface area contributed by atoms with Gasteiger partial charge in [-0.1, -0.05) is 24.6 Å². The first kappa shape index (κ1) is 25.5. The van der Waals surface area contributed by atoms with Gasteiger partial charge in [-0.3, -0.25) is 14.4 Å². The summed E-state index contributed by atoms with van der Waals surface area (Å²) < 4.78 is 41.5. The Labute approximate surface area is 206 Å². The standard InChI is InChI=1S/C26H27F3N2O5/c1-2-30(22(32)14-15-23(33)34)24-18-6-3-4-8-20(18)31(21-9-5-7-19(21)24)25(35)16-10-12-17(13-11-16)36-26(27,28)29/h3-4,6,8,10-13,19,21,24H,2,5,7,9,14-15H2,1H3,(H,33,34). The quantitative estimate of drug-likeness (QED) is 0.562. The van der Waals surface area contributed by atoms with Crippen LogP contribution in [0.5, 0.6) is 5.75 Å². The average molecular weight is 505 g/mol. The van der Waals surface area contributed by atoms with Gasteiger partial charge in [0, 0.05) is 36.2 Å². The van der Waals surface area contributed by atoms with Crippen molar-refractivity contribution in [3.63, 3.8) is 0 Å². The molecule has 1 fully saturated rings. The fourth-order valence-electron chi connectivity index (χ4n) is 5.51. The summed E-state index contributed by atoms with van der Waals surface area (Å²) in [7, 11) is 0. The zero-order valence-corrected chi connectivity index (χ0v) is 19.7. The number of hydrogen-bond donors (Lipinski definition) is 1. The van der Waals surface area contributed by atoms with Crippen LogP contribution in [0.2, 0.25) is 0 Å². The number of carboxylic acids is 1. The molecule has 0 bridgehead atoms. The second kappa shape index (κ2) is 10.2. The van der Waals surface area contributed by atoms with Crippen LogP contribution in [-0.2, 0) is 9.59 Å². The van der Waals surface area contributed by atoms with E-state index >= 15 is 0 Å². The third-order valence-electron chi connectivity index (χ3n) is 6.89. The molecule has 3 unspecified atom stereocenters. The number of amides is 2. The van der Waals surface area contributed by atoms with E-state index < -0.39 is 18.1 Å². The smallest absolute Gasteiger partial charge is 0.481 e. The van der Waals surface area contributed by atoms with E-state index in [4.69, 9.17) is 5.11 Å². The minimum absolute atomic E-state index is 0.0505. The normalized spacial score (nSPS) is 20.9. The van der Waals surface area contributed by atoms with Crippen LogP contribution in [-0.4, -0.2) is 46.7 Å². The Balaban J connectivity index is 1.68. The van der Waals surface area contributed by atoms with E-state index in [2.05, 4.69) is 4.74 Å². The summed E-state index contributed by atoms with van der Waals surface area (Å²) in [5, 5.41) is 9.03. The number of ether oxygens (including phenoxy) is 1. The highest BCUT2D eigenvalue weighted by molar-refractivity contribution is 6.07. The fraction of sp³-hybridized carbons (Fsp3) is 0.423. The van der Waals surface area contributed by atoms with E-state index in [0.29, 0.717) is 12.2 Å². The number of fused-ring (bicyclic) bond motifs is 2. The Bertz CT molecular complexity index is 1140. The Morgan fingerprint density at radius 1 is 1.06 bits per heavy atom. The molecule has 0 spiro atoms. The van der Waals surface area contributed by atoms with Gasteiger partial charge in [0.15, 0.2) is 0 Å². The van der Waals surface area contributed by atoms with Crippen LogP contribution in [0.1, 0.15) is 61.0 Å². The second-order valence-electron chi connectivity index (χ2n) is 8.99. The Morgan fingerprint density at radius 2 is 1.75 bits per heavy atom. The van der Waals surface area contributed by atoms with Crippen LogP contribution in [0.15, 0.2) is 48.5 Å². The van der Waals surface area contributed by atoms with Gasteiger partial charge in [0.05, 0.1) is 12.5 Å². The molecule has 192 valence electrons. The number of aliphatic carboxylic acids is 1. The van der Waals surface area contributed by atoms with Crippen molar-refractivity contribution in [2.75, 3.05) is 11.4 Å². The van der Waals surface area contributed by atoms with Gasteiger partial charge in [-0.2, -0.15) is 0 Å². The number of alkyl halides is 3. The van der Waals surface area contributed by atoms with Gasteiger partial charge in [-0.15, -0.1) is 13.2 Å². The van der Waals surface area contributed by atoms with E-state index in [9.17, 15) is 27.6 Å². The number of hydrogen-bond acceptors (Lipinski definition) is 4. The average Bonchev–Trinajstić information content (AvgIpc) is 3.31. The highest BCUT2D eigenvalue weighted by Gasteiger charge is 2.48. The highest BCUT2D eigenvalue weighted by atomic mass is 19.4. The maximum atomic E-state index is 13.7. The molecule has 2 amide bonds. The summed E-state index contributed by atoms with van der Waals surface area (Å²) in [6, 6.07) is 11.7. The SMILES string of the molecule is CCN(C(=O)CCC(=O)O)C1c2ccccc2N(C(=O)c2ccc(OC(F)(F)F)cc2)C2CCCC12. The number of nitrogens with zero attached hydrogens (tertiary/aromatic N) is 2. The number of halogens is 3. The third-order valence-corrected chi connectivity index (χ3v) is 6.89. The van der Waals surface area contributed by atoms with Crippen molar-refractivity contribution < 1.29 is 37.4 Å². The molecule has 0 saturated heterocycles. The van der Waals surface area contributed by atoms with Crippen LogP contribution in [0.3, 0.4) is 0 Å². The molecular formula is C26H27F3N2O5. The van der Waals surface area contributed by atoms with Crippen LogP contribution in [0.4, 0.5) is 18.9 Å². The van der Waals surface area contributed by atoms with Gasteiger partial charge in [-0.05, 0) is 55.7 Å². The molecular weight excluding hydrogens is 477 g/mol. The lowest BCUT2D eigenvalue weighted by atomic mass is 9.81. The largest absolute Gasteiger partial charge is 0.573 e. The monoisotopic (exact) mass is 504 g/mol. The number of anilines is 1. The molecule has 2 aromatic rings. The van der Waals surface area contributed by atoms with Crippen molar-refractivity contribution in [1.29, 1.82) is 0 Å². The fourth-order valence-corrected chi connectivity index (χ4v) is 5.51. The molecule has 3 atom stereocenters. The van der Waals surface area contributed by atoms with E-state index in [0.717, 1.165) is 37.0 Å². The summed E-state index contributed by atoms with van der Waals surface area (Å²) >= 11 is 0. The lowest BCUT2D eigenvalue weighted by Crippen LogP contribution is -2.52. The summed E-state index contributed by atoms with van der Waals surface area (Å²) in [5.41, 5.74) is 1.68. The summed E-state index contributed by atoms with van der Waals surface area (Å²) in [5.74, 6) is -2.08. The lowest BCUT2D eigenvalue weighted by molar-refractivity contribution is -0.274. The molecule has 0 radical (unpaired) electrons. The summed E-state index contributed by atoms with van der Waals surface area (Å²) in [4.78, 5) is 41.2. The third kappa shape index (κ3) is 5.17. The molecule has 2 aromatic carbocycles. The summed E-state index contributed by atoms with van der Waals surface area (Å²) in [6.45, 7) is 2.25. The van der Waals surface area contributed by atoms with Crippen LogP contribution >= 0.6 is 0 Å². The van der Waals surface area contributed by atoms with Crippen molar-refractivity contribution in [1.82, 2.24) is 4.90 Å². The predicted octanol–water partition coefficient (Wildman–Crippen LogP) is 5.17. The lowest BCUT2D eigenvalue weighted by Gasteiger charge is -2.47. The number of para-hydroxylation sites is 1. The minimum Gasteiger partial charge on any atom is -0.481 e. The molecule has 1 N–H and O–H groups in total. The van der Waals surface area contributed by atoms with Gasteiger partial charge in [-0.25, -0.2) is 0 Å². The molecule has 36 heavy (non-hydrogen) atoms. The zero-order chi connectivity index (χ0) is 26.0. The van der Waals surface area contributed by atoms with Gasteiger partial charge in [0.2, 0.25) is 5.91 Å². The van der Waals surface area contributed by atoms with Gasteiger partial charge < -0.3 is 19.6 Å². The van der Waals surface area contributed by atoms with Gasteiger partial charge in [0.25, 0.3) is 5.91 Å². The molecule has 10 heteroatoms. The van der Waals surface area contributed by atoms with E-state index in [1.807, 2.05) is 25.1 Å². The molecule has 0 aromatic heterocycles. The van der Waals surface area contributed by atoms with Crippen molar-refractivity contribution in [2.45, 2.75) is 57.5 Å². The Morgan fingerprint density at radius 3 is 2.39 bits per heavy atom. The topological polar surface area (TPSA) is 87.2 Å². The highest BCUT2D eigenvalue weighted by Crippen LogP contribution is 2.50. The second-order valence-corrected chi connectivity index (χ2v) is 8.99. The van der Waals surface area contributed by atoms with Crippen LogP contribution in [0, 0.1) is 5.92 Å². The predicted molar refractivity (Wildman–Crippen MR) is 125 cm³/mol. The first-order valence-electron chi connectivity index (χ1n) is 11.9. The van der Waals surface area contributed by atoms with Crippen molar-refractivity contribution >= 4 is 23.5 Å². The number of rotatable bonds is 7. The first-order valence-corrected chi connectivity index (χ1v) is 11.9. The molecule has 1 aliphatic heterocycles. The Kier molecular flexibility index (Phi) is 7.23. The number of benzene rings is 2. The number of carbonyl (C=O) groups is 3. The maximum absolute atomic E-state index is 13.7. The number of carboxylic acid groups (broad SMARTS) is 1. The first-order chi connectivity index (χ1) is 17.1. The molecule has 1 heterocycles. The maximum Gasteiger partial charge on any atom is 0.573 e. The number of carbonyl (C=O) groups excluding carboxylic acids is 2. The molecule has 1 aliphatic carbocycles. The van der Waals surface area contributed by atoms with Crippen molar-refractivity contribution in [3.05, 3.63) is 59.7 Å². The minimum atomic E-state index is -4.82. The van der Waals surface area contributed by atoms with Crippen LogP contribution < -0.4 is 9.64 Å². The molecule has 1 saturated carbocycles. The Hall–Kier alpha value is -3.56. The van der Waals surface area contributed by atoms with Crippen molar-refractivity contribution in [3.8, 4) is 5.75 Å². The zero-order valence-electron chi connectivity index (χ0n) is 19.7. The van der Waals surface area contributed by atoms with Gasteiger partial charge >= 0.3 is 12.3 Å². The van der Waals surface area contributed by atoms with Crippen LogP contribution in [0.25, 0.3) is 0 Å². The van der Waals surface area contributed by atoms with Gasteiger partial charge in [0.1, 0.15) is 5.75 Å².